The van der Waals surface area contributed by atoms with Gasteiger partial charge >= 0.3 is 0 Å². The summed E-state index contributed by atoms with van der Waals surface area (Å²) in [6.45, 7) is 0.850. The Morgan fingerprint density at radius 3 is 2.77 bits per heavy atom. The quantitative estimate of drug-likeness (QED) is 0.586. The summed E-state index contributed by atoms with van der Waals surface area (Å²) in [4.78, 5) is 13.8. The predicted octanol–water partition coefficient (Wildman–Crippen LogP) is 5.32. The van der Waals surface area contributed by atoms with Crippen molar-refractivity contribution in [1.82, 2.24) is 15.3 Å². The minimum atomic E-state index is 0.455. The van der Waals surface area contributed by atoms with Crippen LogP contribution in [0.5, 0.6) is 11.6 Å². The summed E-state index contributed by atoms with van der Waals surface area (Å²) in [5.74, 6) is 2.87. The van der Waals surface area contributed by atoms with Crippen molar-refractivity contribution >= 4 is 22.4 Å². The lowest BCUT2D eigenvalue weighted by atomic mass is 9.84. The highest BCUT2D eigenvalue weighted by atomic mass is 32.1. The van der Waals surface area contributed by atoms with Crippen LogP contribution in [-0.4, -0.2) is 28.5 Å². The molecule has 0 amide bonds. The van der Waals surface area contributed by atoms with Gasteiger partial charge in [-0.1, -0.05) is 37.5 Å². The van der Waals surface area contributed by atoms with Gasteiger partial charge in [-0.25, -0.2) is 9.97 Å². The SMILES string of the molecule is c1ccc(Oc2ncccc2-c2csc(NC3=NCC(C4CCCCC4)N3)n2)cc1. The number of nitrogens with one attached hydrogen (secondary N) is 2. The van der Waals surface area contributed by atoms with Gasteiger partial charge in [0.1, 0.15) is 5.75 Å². The fraction of sp³-hybridized carbons (Fsp3) is 0.348. The van der Waals surface area contributed by atoms with Crippen LogP contribution in [0.3, 0.4) is 0 Å². The minimum absolute atomic E-state index is 0.455. The van der Waals surface area contributed by atoms with E-state index < -0.39 is 0 Å². The number of nitrogens with zero attached hydrogens (tertiary/aromatic N) is 3. The van der Waals surface area contributed by atoms with Crippen molar-refractivity contribution in [3.8, 4) is 22.9 Å². The first-order valence-corrected chi connectivity index (χ1v) is 11.4. The van der Waals surface area contributed by atoms with Crippen molar-refractivity contribution in [3.05, 3.63) is 54.0 Å². The number of rotatable bonds is 5. The van der Waals surface area contributed by atoms with E-state index >= 15 is 0 Å². The summed E-state index contributed by atoms with van der Waals surface area (Å²) in [6, 6.07) is 14.0. The van der Waals surface area contributed by atoms with Crippen molar-refractivity contribution in [2.75, 3.05) is 11.9 Å². The molecule has 7 heteroatoms. The van der Waals surface area contributed by atoms with E-state index in [1.165, 1.54) is 32.1 Å². The molecule has 6 nitrogen and oxygen atoms in total. The summed E-state index contributed by atoms with van der Waals surface area (Å²) < 4.78 is 5.98. The molecule has 2 aliphatic rings. The number of guanidine groups is 1. The molecule has 5 rings (SSSR count). The van der Waals surface area contributed by atoms with E-state index in [0.717, 1.165) is 40.6 Å². The Bertz CT molecular complexity index is 1010. The summed E-state index contributed by atoms with van der Waals surface area (Å²) in [5.41, 5.74) is 1.70. The molecule has 1 fully saturated rings. The Morgan fingerprint density at radius 2 is 1.90 bits per heavy atom. The van der Waals surface area contributed by atoms with Gasteiger partial charge in [0.15, 0.2) is 11.1 Å². The van der Waals surface area contributed by atoms with Crippen LogP contribution >= 0.6 is 11.3 Å². The lowest BCUT2D eigenvalue weighted by molar-refractivity contribution is 0.300. The first-order chi connectivity index (χ1) is 14.8. The van der Waals surface area contributed by atoms with Gasteiger partial charge in [0, 0.05) is 11.6 Å². The van der Waals surface area contributed by atoms with Crippen molar-refractivity contribution in [2.45, 2.75) is 38.1 Å². The normalized spacial score (nSPS) is 19.2. The minimum Gasteiger partial charge on any atom is -0.438 e. The Hall–Kier alpha value is -2.93. The molecular formula is C23H25N5OS. The van der Waals surface area contributed by atoms with Gasteiger partial charge in [-0.15, -0.1) is 11.3 Å². The topological polar surface area (TPSA) is 71.4 Å². The first kappa shape index (κ1) is 19.1. The molecule has 2 N–H and O–H groups in total. The predicted molar refractivity (Wildman–Crippen MR) is 121 cm³/mol. The Balaban J connectivity index is 1.26. The number of aromatic nitrogens is 2. The smallest absolute Gasteiger partial charge is 0.228 e. The maximum absolute atomic E-state index is 5.98. The van der Waals surface area contributed by atoms with Crippen LogP contribution in [0, 0.1) is 5.92 Å². The molecule has 1 aliphatic heterocycles. The molecule has 1 aromatic carbocycles. The monoisotopic (exact) mass is 419 g/mol. The highest BCUT2D eigenvalue weighted by Crippen LogP contribution is 2.33. The molecule has 1 atom stereocenters. The zero-order valence-electron chi connectivity index (χ0n) is 16.8. The van der Waals surface area contributed by atoms with Gasteiger partial charge in [-0.05, 0) is 43.0 Å². The van der Waals surface area contributed by atoms with E-state index in [1.807, 2.05) is 47.8 Å². The highest BCUT2D eigenvalue weighted by Gasteiger charge is 2.28. The Kier molecular flexibility index (Phi) is 5.61. The number of ether oxygens (including phenoxy) is 1. The average Bonchev–Trinajstić information content (AvgIpc) is 3.46. The first-order valence-electron chi connectivity index (χ1n) is 10.6. The number of pyridine rings is 1. The van der Waals surface area contributed by atoms with Crippen molar-refractivity contribution in [1.29, 1.82) is 0 Å². The van der Waals surface area contributed by atoms with E-state index in [1.54, 1.807) is 17.5 Å². The lowest BCUT2D eigenvalue weighted by Crippen LogP contribution is -2.40. The number of benzene rings is 1. The zero-order valence-corrected chi connectivity index (χ0v) is 17.6. The number of para-hydroxylation sites is 1. The van der Waals surface area contributed by atoms with Gasteiger partial charge in [0.2, 0.25) is 5.88 Å². The summed E-state index contributed by atoms with van der Waals surface area (Å²) in [7, 11) is 0. The molecule has 0 radical (unpaired) electrons. The number of hydrogen-bond donors (Lipinski definition) is 2. The standard InChI is InChI=1S/C23H25N5OS/c1-3-8-16(9-4-1)19-14-25-22(26-19)28-23-27-20(15-30-23)18-12-7-13-24-21(18)29-17-10-5-2-6-11-17/h2,5-7,10-13,15-16,19H,1,3-4,8-9,14H2,(H2,25,26,27,28). The second-order valence-electron chi connectivity index (χ2n) is 7.77. The van der Waals surface area contributed by atoms with Crippen LogP contribution in [0.4, 0.5) is 5.13 Å². The molecule has 3 heterocycles. The Morgan fingerprint density at radius 1 is 1.03 bits per heavy atom. The molecule has 0 spiro atoms. The van der Waals surface area contributed by atoms with E-state index in [-0.39, 0.29) is 0 Å². The lowest BCUT2D eigenvalue weighted by Gasteiger charge is -2.27. The van der Waals surface area contributed by atoms with Crippen LogP contribution in [0.1, 0.15) is 32.1 Å². The van der Waals surface area contributed by atoms with E-state index in [4.69, 9.17) is 9.72 Å². The van der Waals surface area contributed by atoms with Crippen LogP contribution in [0.25, 0.3) is 11.3 Å². The fourth-order valence-corrected chi connectivity index (χ4v) is 4.87. The molecular weight excluding hydrogens is 394 g/mol. The Labute approximate surface area is 180 Å². The molecule has 0 saturated heterocycles. The summed E-state index contributed by atoms with van der Waals surface area (Å²) >= 11 is 1.56. The second-order valence-corrected chi connectivity index (χ2v) is 8.63. The van der Waals surface area contributed by atoms with Crippen molar-refractivity contribution < 1.29 is 4.74 Å². The van der Waals surface area contributed by atoms with Gasteiger partial charge in [0.25, 0.3) is 0 Å². The fourth-order valence-electron chi connectivity index (χ4n) is 4.16. The van der Waals surface area contributed by atoms with E-state index in [9.17, 15) is 0 Å². The van der Waals surface area contributed by atoms with E-state index in [2.05, 4.69) is 20.6 Å². The van der Waals surface area contributed by atoms with Crippen molar-refractivity contribution in [3.63, 3.8) is 0 Å². The molecule has 30 heavy (non-hydrogen) atoms. The zero-order chi connectivity index (χ0) is 20.2. The molecule has 2 aromatic heterocycles. The number of anilines is 1. The van der Waals surface area contributed by atoms with Crippen LogP contribution < -0.4 is 15.4 Å². The van der Waals surface area contributed by atoms with Gasteiger partial charge < -0.3 is 15.4 Å². The maximum Gasteiger partial charge on any atom is 0.228 e. The van der Waals surface area contributed by atoms with Crippen molar-refractivity contribution in [2.24, 2.45) is 10.9 Å². The third-order valence-corrected chi connectivity index (χ3v) is 6.48. The molecule has 3 aromatic rings. The number of aliphatic imine (C=N–C) groups is 1. The molecule has 1 saturated carbocycles. The molecule has 0 bridgehead atoms. The second kappa shape index (κ2) is 8.83. The summed E-state index contributed by atoms with van der Waals surface area (Å²) in [5, 5.41) is 9.76. The third kappa shape index (κ3) is 4.31. The van der Waals surface area contributed by atoms with Crippen LogP contribution in [0.15, 0.2) is 59.0 Å². The van der Waals surface area contributed by atoms with Crippen LogP contribution in [0.2, 0.25) is 0 Å². The van der Waals surface area contributed by atoms with Crippen LogP contribution in [-0.2, 0) is 0 Å². The number of hydrogen-bond acceptors (Lipinski definition) is 7. The molecule has 154 valence electrons. The van der Waals surface area contributed by atoms with Gasteiger partial charge in [-0.3, -0.25) is 4.99 Å². The maximum atomic E-state index is 5.98. The summed E-state index contributed by atoms with van der Waals surface area (Å²) in [6.07, 6.45) is 8.43. The average molecular weight is 420 g/mol. The van der Waals surface area contributed by atoms with E-state index in [0.29, 0.717) is 11.9 Å². The molecule has 1 unspecified atom stereocenters. The van der Waals surface area contributed by atoms with Gasteiger partial charge in [0.05, 0.1) is 23.8 Å². The van der Waals surface area contributed by atoms with Gasteiger partial charge in [-0.2, -0.15) is 0 Å². The molecule has 1 aliphatic carbocycles. The third-order valence-electron chi connectivity index (χ3n) is 5.72. The highest BCUT2D eigenvalue weighted by molar-refractivity contribution is 7.14. The number of thiazole rings is 1. The largest absolute Gasteiger partial charge is 0.438 e.